The van der Waals surface area contributed by atoms with E-state index in [4.69, 9.17) is 33.3 Å². The number of carbonyl (C=O) groups excluding carboxylic acids is 4. The summed E-state index contributed by atoms with van der Waals surface area (Å²) in [6.07, 6.45) is 3.19. The van der Waals surface area contributed by atoms with Crippen LogP contribution in [0, 0.1) is 0 Å². The Hall–Kier alpha value is -2.59. The zero-order chi connectivity index (χ0) is 29.1. The van der Waals surface area contributed by atoms with Gasteiger partial charge in [0.05, 0.1) is 26.4 Å². The van der Waals surface area contributed by atoms with Crippen LogP contribution in [0.2, 0.25) is 0 Å². The van der Waals surface area contributed by atoms with E-state index in [1.54, 1.807) is 6.07 Å². The highest BCUT2D eigenvalue weighted by molar-refractivity contribution is 9.11. The number of esters is 4. The van der Waals surface area contributed by atoms with E-state index in [0.29, 0.717) is 8.95 Å². The van der Waals surface area contributed by atoms with Crippen molar-refractivity contribution in [3.8, 4) is 5.75 Å². The molecule has 1 aromatic carbocycles. The first-order valence-electron chi connectivity index (χ1n) is 10.9. The molecule has 216 valence electrons. The van der Waals surface area contributed by atoms with Crippen LogP contribution >= 0.6 is 39.7 Å². The molecule has 0 spiro atoms. The van der Waals surface area contributed by atoms with Gasteiger partial charge in [0.1, 0.15) is 32.2 Å². The average Bonchev–Trinajstić information content (AvgIpc) is 2.88. The monoisotopic (exact) mass is 702 g/mol. The summed E-state index contributed by atoms with van der Waals surface area (Å²) in [7, 11) is -4.34. The van der Waals surface area contributed by atoms with E-state index in [1.165, 1.54) is 12.1 Å². The maximum Gasteiger partial charge on any atom is 0.530 e. The van der Waals surface area contributed by atoms with Crippen LogP contribution in [0.5, 0.6) is 5.75 Å². The molecule has 1 rings (SSSR count). The molecular weight excluding hydrogens is 679 g/mol. The zero-order valence-electron chi connectivity index (χ0n) is 20.2. The van der Waals surface area contributed by atoms with Gasteiger partial charge in [0.2, 0.25) is 0 Å². The van der Waals surface area contributed by atoms with Crippen LogP contribution in [0.15, 0.2) is 51.4 Å². The van der Waals surface area contributed by atoms with Crippen molar-refractivity contribution in [2.75, 3.05) is 52.9 Å². The van der Waals surface area contributed by atoms with Gasteiger partial charge in [-0.2, -0.15) is 0 Å². The Morgan fingerprint density at radius 1 is 0.641 bits per heavy atom. The number of phosphoric ester groups is 1. The van der Waals surface area contributed by atoms with Gasteiger partial charge in [-0.05, 0) is 18.2 Å². The number of hydrogen-bond acceptors (Lipinski definition) is 14. The molecule has 2 N–H and O–H groups in total. The summed E-state index contributed by atoms with van der Waals surface area (Å²) >= 11 is 6.52. The van der Waals surface area contributed by atoms with Crippen LogP contribution in [-0.4, -0.2) is 86.9 Å². The summed E-state index contributed by atoms with van der Waals surface area (Å²) in [5.74, 6) is -3.48. The van der Waals surface area contributed by atoms with Gasteiger partial charge in [-0.25, -0.2) is 23.7 Å². The molecule has 0 aliphatic carbocycles. The van der Waals surface area contributed by atoms with Gasteiger partial charge in [-0.1, -0.05) is 31.9 Å². The topological polar surface area (TPSA) is 190 Å². The summed E-state index contributed by atoms with van der Waals surface area (Å²) in [5.41, 5.74) is 0. The van der Waals surface area contributed by atoms with Crippen molar-refractivity contribution >= 4 is 63.6 Å². The van der Waals surface area contributed by atoms with Gasteiger partial charge < -0.3 is 33.7 Å². The number of rotatable bonds is 18. The lowest BCUT2D eigenvalue weighted by Crippen LogP contribution is -2.14. The quantitative estimate of drug-likeness (QED) is 0.0742. The highest BCUT2D eigenvalue weighted by atomic mass is 79.9. The number of halogens is 2. The van der Waals surface area contributed by atoms with Gasteiger partial charge in [0, 0.05) is 33.2 Å². The molecule has 17 heteroatoms. The van der Waals surface area contributed by atoms with E-state index in [1.807, 2.05) is 0 Å². The molecule has 0 fully saturated rings. The fourth-order valence-corrected chi connectivity index (χ4v) is 4.53. The van der Waals surface area contributed by atoms with Gasteiger partial charge in [-0.3, -0.25) is 9.05 Å². The van der Waals surface area contributed by atoms with Crippen molar-refractivity contribution in [1.82, 2.24) is 0 Å². The first-order chi connectivity index (χ1) is 18.6. The predicted molar refractivity (Wildman–Crippen MR) is 138 cm³/mol. The Labute approximate surface area is 239 Å². The van der Waals surface area contributed by atoms with Crippen molar-refractivity contribution in [3.63, 3.8) is 0 Å². The highest BCUT2D eigenvalue weighted by Gasteiger charge is 2.29. The Kier molecular flexibility index (Phi) is 17.2. The summed E-state index contributed by atoms with van der Waals surface area (Å²) in [6, 6.07) is 4.65. The molecule has 0 aliphatic rings. The lowest BCUT2D eigenvalue weighted by Gasteiger charge is -2.19. The minimum atomic E-state index is -4.34. The second kappa shape index (κ2) is 19.5. The van der Waals surface area contributed by atoms with Crippen molar-refractivity contribution in [2.45, 2.75) is 0 Å². The maximum absolute atomic E-state index is 13.2. The summed E-state index contributed by atoms with van der Waals surface area (Å²) in [4.78, 5) is 45.9. The van der Waals surface area contributed by atoms with E-state index in [9.17, 15) is 23.7 Å². The SMILES string of the molecule is O=C(/C=C\C(=O)OCCOP(=O)(OCCOC(=O)/C=C/C(=O)OCCO)Oc1cc(Br)cc(Br)c1)OCCO. The average molecular weight is 704 g/mol. The first kappa shape index (κ1) is 34.4. The molecule has 0 amide bonds. The molecule has 0 radical (unpaired) electrons. The smallest absolute Gasteiger partial charge is 0.460 e. The third-order valence-corrected chi connectivity index (χ3v) is 5.94. The van der Waals surface area contributed by atoms with Crippen molar-refractivity contribution in [1.29, 1.82) is 0 Å². The molecule has 0 aromatic heterocycles. The van der Waals surface area contributed by atoms with Gasteiger partial charge in [-0.15, -0.1) is 0 Å². The number of carbonyl (C=O) groups is 4. The van der Waals surface area contributed by atoms with Crippen molar-refractivity contribution in [3.05, 3.63) is 51.4 Å². The Morgan fingerprint density at radius 2 is 1.00 bits per heavy atom. The lowest BCUT2D eigenvalue weighted by atomic mass is 10.3. The zero-order valence-corrected chi connectivity index (χ0v) is 24.3. The molecule has 0 saturated heterocycles. The van der Waals surface area contributed by atoms with Gasteiger partial charge in [0.15, 0.2) is 0 Å². The molecule has 1 unspecified atom stereocenters. The maximum atomic E-state index is 13.2. The van der Waals surface area contributed by atoms with E-state index in [0.717, 1.165) is 24.3 Å². The molecule has 1 aromatic rings. The molecule has 1 atom stereocenters. The van der Waals surface area contributed by atoms with Crippen LogP contribution in [0.1, 0.15) is 0 Å². The van der Waals surface area contributed by atoms with Gasteiger partial charge >= 0.3 is 31.7 Å². The minimum absolute atomic E-state index is 0.0854. The predicted octanol–water partition coefficient (Wildman–Crippen LogP) is 2.00. The van der Waals surface area contributed by atoms with Gasteiger partial charge in [0.25, 0.3) is 0 Å². The Balaban J connectivity index is 2.64. The Morgan fingerprint density at radius 3 is 1.36 bits per heavy atom. The van der Waals surface area contributed by atoms with Crippen LogP contribution < -0.4 is 4.52 Å². The highest BCUT2D eigenvalue weighted by Crippen LogP contribution is 2.50. The second-order valence-corrected chi connectivity index (χ2v) is 10.0. The molecule has 0 heterocycles. The summed E-state index contributed by atoms with van der Waals surface area (Å²) < 4.78 is 48.8. The number of aliphatic hydroxyl groups is 2. The second-order valence-electron chi connectivity index (χ2n) is 6.59. The molecule has 0 aliphatic heterocycles. The standard InChI is InChI=1S/C22H25Br2O14P/c23-16-13-17(24)15-18(14-16)38-39(31,36-11-9-34-21(29)3-1-19(27)32-7-5-25)37-12-10-35-22(30)4-2-20(28)33-8-6-26/h1-4,13-15,25-26H,5-12H2/b3-1-,4-2+. The van der Waals surface area contributed by atoms with Crippen LogP contribution in [0.3, 0.4) is 0 Å². The normalized spacial score (nSPS) is 12.6. The number of benzene rings is 1. The number of hydrogen-bond donors (Lipinski definition) is 2. The summed E-state index contributed by atoms with van der Waals surface area (Å²) in [6.45, 7) is -2.90. The number of aliphatic hydroxyl groups excluding tert-OH is 2. The fourth-order valence-electron chi connectivity index (χ4n) is 2.14. The van der Waals surface area contributed by atoms with E-state index in [-0.39, 0.29) is 32.2 Å². The molecule has 0 bridgehead atoms. The third kappa shape index (κ3) is 16.9. The first-order valence-corrected chi connectivity index (χ1v) is 13.9. The van der Waals surface area contributed by atoms with E-state index < -0.39 is 58.1 Å². The molecule has 14 nitrogen and oxygen atoms in total. The number of ether oxygens (including phenoxy) is 4. The van der Waals surface area contributed by atoms with E-state index >= 15 is 0 Å². The van der Waals surface area contributed by atoms with E-state index in [2.05, 4.69) is 41.3 Å². The molecule has 0 saturated carbocycles. The van der Waals surface area contributed by atoms with Crippen molar-refractivity contribution < 1.29 is 66.5 Å². The number of phosphoric acid groups is 1. The third-order valence-electron chi connectivity index (χ3n) is 3.59. The Bertz CT molecular complexity index is 1000. The van der Waals surface area contributed by atoms with Crippen LogP contribution in [0.25, 0.3) is 0 Å². The molecule has 39 heavy (non-hydrogen) atoms. The largest absolute Gasteiger partial charge is 0.530 e. The van der Waals surface area contributed by atoms with Crippen LogP contribution in [-0.2, 0) is 51.7 Å². The minimum Gasteiger partial charge on any atom is -0.460 e. The summed E-state index contributed by atoms with van der Waals surface area (Å²) in [5, 5.41) is 17.2. The molecular formula is C22H25Br2O14P. The lowest BCUT2D eigenvalue weighted by molar-refractivity contribution is -0.141. The van der Waals surface area contributed by atoms with Crippen molar-refractivity contribution in [2.24, 2.45) is 0 Å². The fraction of sp³-hybridized carbons (Fsp3) is 0.364. The van der Waals surface area contributed by atoms with Crippen LogP contribution in [0.4, 0.5) is 0 Å².